The molecule has 0 bridgehead atoms. The largest absolute Gasteiger partial charge is 0.492 e. The van der Waals surface area contributed by atoms with E-state index in [-0.39, 0.29) is 16.5 Å². The van der Waals surface area contributed by atoms with E-state index in [2.05, 4.69) is 21.2 Å². The van der Waals surface area contributed by atoms with Crippen molar-refractivity contribution >= 4 is 33.3 Å². The lowest BCUT2D eigenvalue weighted by atomic mass is 9.86. The van der Waals surface area contributed by atoms with Crippen LogP contribution in [-0.4, -0.2) is 23.1 Å². The van der Waals surface area contributed by atoms with Crippen LogP contribution in [0.4, 0.5) is 5.69 Å². The van der Waals surface area contributed by atoms with Crippen molar-refractivity contribution in [2.24, 2.45) is 5.92 Å². The average molecular weight is 424 g/mol. The highest BCUT2D eigenvalue weighted by Crippen LogP contribution is 2.30. The Kier molecular flexibility index (Phi) is 8.63. The highest BCUT2D eigenvalue weighted by molar-refractivity contribution is 9.10. The summed E-state index contributed by atoms with van der Waals surface area (Å²) in [6.07, 6.45) is 8.63. The highest BCUT2D eigenvalue weighted by atomic mass is 79.9. The molecular weight excluding hydrogens is 394 g/mol. The highest BCUT2D eigenvalue weighted by Gasteiger charge is 2.19. The van der Waals surface area contributed by atoms with Crippen LogP contribution in [0.15, 0.2) is 18.2 Å². The van der Waals surface area contributed by atoms with Gasteiger partial charge in [-0.25, -0.2) is 0 Å². The standard InChI is InChI=1S/C21H30BrNO3/c1-3-17(22)21(25)16-11-12-18(19(14-16)26-4-2)23-20(24)13-10-15-8-6-5-7-9-15/h11-12,14-15,17H,3-10,13H2,1-2H3,(H,23,24). The molecule has 0 spiro atoms. The van der Waals surface area contributed by atoms with E-state index in [1.807, 2.05) is 13.8 Å². The van der Waals surface area contributed by atoms with E-state index in [9.17, 15) is 9.59 Å². The number of benzene rings is 1. The lowest BCUT2D eigenvalue weighted by Gasteiger charge is -2.21. The zero-order valence-electron chi connectivity index (χ0n) is 15.9. The van der Waals surface area contributed by atoms with Gasteiger partial charge in [0, 0.05) is 12.0 Å². The normalized spacial score (nSPS) is 16.1. The second-order valence-electron chi connectivity index (χ2n) is 6.97. The van der Waals surface area contributed by atoms with Gasteiger partial charge in [0.1, 0.15) is 5.75 Å². The number of carbonyl (C=O) groups is 2. The number of ketones is 1. The van der Waals surface area contributed by atoms with Gasteiger partial charge in [-0.3, -0.25) is 9.59 Å². The maximum Gasteiger partial charge on any atom is 0.224 e. The molecule has 0 aliphatic heterocycles. The van der Waals surface area contributed by atoms with Crippen LogP contribution >= 0.6 is 15.9 Å². The first-order chi connectivity index (χ1) is 12.5. The summed E-state index contributed by atoms with van der Waals surface area (Å²) >= 11 is 3.40. The van der Waals surface area contributed by atoms with Gasteiger partial charge in [0.15, 0.2) is 5.78 Å². The number of anilines is 1. The molecule has 26 heavy (non-hydrogen) atoms. The fourth-order valence-electron chi connectivity index (χ4n) is 3.44. The van der Waals surface area contributed by atoms with E-state index in [4.69, 9.17) is 4.74 Å². The molecule has 0 heterocycles. The minimum atomic E-state index is -0.201. The minimum Gasteiger partial charge on any atom is -0.492 e. The lowest BCUT2D eigenvalue weighted by molar-refractivity contribution is -0.116. The molecule has 1 unspecified atom stereocenters. The number of Topliss-reactive ketones (excluding diaryl/α,β-unsaturated/α-hetero) is 1. The zero-order chi connectivity index (χ0) is 18.9. The van der Waals surface area contributed by atoms with Gasteiger partial charge in [-0.05, 0) is 43.9 Å². The quantitative estimate of drug-likeness (QED) is 0.406. The predicted octanol–water partition coefficient (Wildman–Crippen LogP) is 5.74. The molecule has 1 aromatic rings. The van der Waals surface area contributed by atoms with E-state index < -0.39 is 0 Å². The van der Waals surface area contributed by atoms with Crippen LogP contribution in [0.1, 0.15) is 75.6 Å². The number of carbonyl (C=O) groups excluding carboxylic acids is 2. The molecule has 0 saturated heterocycles. The van der Waals surface area contributed by atoms with Crippen LogP contribution in [0.5, 0.6) is 5.75 Å². The van der Waals surface area contributed by atoms with Crippen LogP contribution in [0.2, 0.25) is 0 Å². The Morgan fingerprint density at radius 3 is 2.62 bits per heavy atom. The van der Waals surface area contributed by atoms with Crippen molar-refractivity contribution < 1.29 is 14.3 Å². The van der Waals surface area contributed by atoms with Crippen molar-refractivity contribution in [2.75, 3.05) is 11.9 Å². The Hall–Kier alpha value is -1.36. The summed E-state index contributed by atoms with van der Waals surface area (Å²) in [6, 6.07) is 5.25. The molecular formula is C21H30BrNO3. The van der Waals surface area contributed by atoms with E-state index in [0.717, 1.165) is 12.8 Å². The van der Waals surface area contributed by atoms with Crippen molar-refractivity contribution in [3.8, 4) is 5.75 Å². The zero-order valence-corrected chi connectivity index (χ0v) is 17.4. The van der Waals surface area contributed by atoms with E-state index >= 15 is 0 Å². The lowest BCUT2D eigenvalue weighted by Crippen LogP contribution is -2.16. The van der Waals surface area contributed by atoms with Gasteiger partial charge < -0.3 is 10.1 Å². The van der Waals surface area contributed by atoms with Crippen molar-refractivity contribution in [1.82, 2.24) is 0 Å². The Morgan fingerprint density at radius 1 is 1.23 bits per heavy atom. The third-order valence-electron chi connectivity index (χ3n) is 4.99. The smallest absolute Gasteiger partial charge is 0.224 e. The average Bonchev–Trinajstić information content (AvgIpc) is 2.67. The predicted molar refractivity (Wildman–Crippen MR) is 109 cm³/mol. The van der Waals surface area contributed by atoms with Gasteiger partial charge >= 0.3 is 0 Å². The summed E-state index contributed by atoms with van der Waals surface area (Å²) in [5, 5.41) is 2.96. The molecule has 4 nitrogen and oxygen atoms in total. The number of halogens is 1. The maximum atomic E-state index is 12.4. The molecule has 1 N–H and O–H groups in total. The molecule has 0 radical (unpaired) electrons. The Bertz CT molecular complexity index is 611. The van der Waals surface area contributed by atoms with Crippen LogP contribution in [0.25, 0.3) is 0 Å². The van der Waals surface area contributed by atoms with Gasteiger partial charge in [-0.1, -0.05) is 55.0 Å². The monoisotopic (exact) mass is 423 g/mol. The van der Waals surface area contributed by atoms with Gasteiger partial charge in [0.25, 0.3) is 0 Å². The maximum absolute atomic E-state index is 12.4. The first-order valence-electron chi connectivity index (χ1n) is 9.80. The number of rotatable bonds is 9. The van der Waals surface area contributed by atoms with Crippen molar-refractivity contribution in [2.45, 2.75) is 70.0 Å². The van der Waals surface area contributed by atoms with Gasteiger partial charge in [0.05, 0.1) is 17.1 Å². The number of hydrogen-bond donors (Lipinski definition) is 1. The van der Waals surface area contributed by atoms with Crippen LogP contribution in [-0.2, 0) is 4.79 Å². The second kappa shape index (κ2) is 10.7. The van der Waals surface area contributed by atoms with Crippen LogP contribution in [0, 0.1) is 5.92 Å². The van der Waals surface area contributed by atoms with Crippen molar-refractivity contribution in [1.29, 1.82) is 0 Å². The van der Waals surface area contributed by atoms with Gasteiger partial charge in [-0.15, -0.1) is 0 Å². The third kappa shape index (κ3) is 6.11. The van der Waals surface area contributed by atoms with Crippen molar-refractivity contribution in [3.63, 3.8) is 0 Å². The van der Waals surface area contributed by atoms with Crippen molar-refractivity contribution in [3.05, 3.63) is 23.8 Å². The number of hydrogen-bond acceptors (Lipinski definition) is 3. The van der Waals surface area contributed by atoms with E-state index in [0.29, 0.717) is 35.9 Å². The number of ether oxygens (including phenoxy) is 1. The second-order valence-corrected chi connectivity index (χ2v) is 8.08. The fourth-order valence-corrected chi connectivity index (χ4v) is 3.71. The molecule has 1 saturated carbocycles. The molecule has 1 aliphatic rings. The summed E-state index contributed by atoms with van der Waals surface area (Å²) in [7, 11) is 0. The first kappa shape index (κ1) is 20.9. The molecule has 144 valence electrons. The summed E-state index contributed by atoms with van der Waals surface area (Å²) in [5.74, 6) is 1.29. The molecule has 1 amide bonds. The number of amides is 1. The summed E-state index contributed by atoms with van der Waals surface area (Å²) in [5.41, 5.74) is 1.23. The molecule has 1 aliphatic carbocycles. The Labute approximate surface area is 165 Å². The Morgan fingerprint density at radius 2 is 1.96 bits per heavy atom. The minimum absolute atomic E-state index is 0.0162. The summed E-state index contributed by atoms with van der Waals surface area (Å²) in [4.78, 5) is 24.5. The molecule has 1 atom stereocenters. The third-order valence-corrected chi connectivity index (χ3v) is 6.05. The SMILES string of the molecule is CCOc1cc(C(=O)C(Br)CC)ccc1NC(=O)CCC1CCCCC1. The number of alkyl halides is 1. The fraction of sp³-hybridized carbons (Fsp3) is 0.619. The van der Waals surface area contributed by atoms with Gasteiger partial charge in [-0.2, -0.15) is 0 Å². The van der Waals surface area contributed by atoms with Gasteiger partial charge in [0.2, 0.25) is 5.91 Å². The van der Waals surface area contributed by atoms with Crippen LogP contribution < -0.4 is 10.1 Å². The van der Waals surface area contributed by atoms with E-state index in [1.165, 1.54) is 32.1 Å². The first-order valence-corrected chi connectivity index (χ1v) is 10.7. The molecule has 0 aromatic heterocycles. The summed E-state index contributed by atoms with van der Waals surface area (Å²) < 4.78 is 5.65. The number of nitrogens with one attached hydrogen (secondary N) is 1. The topological polar surface area (TPSA) is 55.4 Å². The summed E-state index contributed by atoms with van der Waals surface area (Å²) in [6.45, 7) is 4.33. The Balaban J connectivity index is 2.00. The molecule has 1 fully saturated rings. The molecule has 1 aromatic carbocycles. The van der Waals surface area contributed by atoms with Crippen LogP contribution in [0.3, 0.4) is 0 Å². The molecule has 5 heteroatoms. The molecule has 2 rings (SSSR count). The van der Waals surface area contributed by atoms with E-state index in [1.54, 1.807) is 18.2 Å².